The van der Waals surface area contributed by atoms with Crippen molar-refractivity contribution in [2.75, 3.05) is 0 Å². The van der Waals surface area contributed by atoms with E-state index in [-0.39, 0.29) is 11.9 Å². The molecule has 1 fully saturated rings. The number of carbonyl (C=O) groups is 1. The van der Waals surface area contributed by atoms with E-state index in [0.29, 0.717) is 11.7 Å². The molecule has 0 aliphatic heterocycles. The van der Waals surface area contributed by atoms with E-state index < -0.39 is 0 Å². The van der Waals surface area contributed by atoms with Gasteiger partial charge in [0.2, 0.25) is 0 Å². The van der Waals surface area contributed by atoms with E-state index in [0.717, 1.165) is 24.0 Å². The summed E-state index contributed by atoms with van der Waals surface area (Å²) in [6, 6.07) is 20.4. The summed E-state index contributed by atoms with van der Waals surface area (Å²) in [4.78, 5) is 12.2. The fourth-order valence-electron chi connectivity index (χ4n) is 2.76. The van der Waals surface area contributed by atoms with Gasteiger partial charge in [-0.3, -0.25) is 4.79 Å². The van der Waals surface area contributed by atoms with Gasteiger partial charge in [-0.2, -0.15) is 0 Å². The third-order valence-electron chi connectivity index (χ3n) is 4.15. The Hall–Kier alpha value is -2.95. The Morgan fingerprint density at radius 2 is 1.58 bits per heavy atom. The van der Waals surface area contributed by atoms with Crippen LogP contribution < -0.4 is 5.32 Å². The molecule has 1 amide bonds. The minimum absolute atomic E-state index is 0.109. The van der Waals surface area contributed by atoms with Crippen LogP contribution in [0.25, 0.3) is 0 Å². The summed E-state index contributed by atoms with van der Waals surface area (Å²) in [6.45, 7) is 0. The molecule has 2 aromatic carbocycles. The summed E-state index contributed by atoms with van der Waals surface area (Å²) in [5.41, 5.74) is 2.56. The maximum atomic E-state index is 12.2. The molecular weight excluding hydrogens is 300 g/mol. The number of hydrogen-bond acceptors (Lipinski definition) is 3. The van der Waals surface area contributed by atoms with Gasteiger partial charge in [0.05, 0.1) is 6.20 Å². The van der Waals surface area contributed by atoms with E-state index >= 15 is 0 Å². The van der Waals surface area contributed by atoms with E-state index in [4.69, 9.17) is 0 Å². The summed E-state index contributed by atoms with van der Waals surface area (Å²) in [5.74, 6) is -0.149. The number of nitrogens with zero attached hydrogens (tertiary/aromatic N) is 3. The van der Waals surface area contributed by atoms with Crippen LogP contribution in [0.4, 0.5) is 0 Å². The quantitative estimate of drug-likeness (QED) is 0.787. The normalized spacial score (nSPS) is 13.9. The summed E-state index contributed by atoms with van der Waals surface area (Å²) in [7, 11) is 0. The van der Waals surface area contributed by atoms with Gasteiger partial charge < -0.3 is 5.32 Å². The number of amides is 1. The second-order valence-electron chi connectivity index (χ2n) is 6.06. The van der Waals surface area contributed by atoms with Gasteiger partial charge in [0, 0.05) is 6.04 Å². The molecule has 1 aromatic heterocycles. The van der Waals surface area contributed by atoms with Crippen molar-refractivity contribution in [1.82, 2.24) is 20.3 Å². The lowest BCUT2D eigenvalue weighted by molar-refractivity contribution is 0.0946. The zero-order valence-corrected chi connectivity index (χ0v) is 13.2. The second-order valence-corrected chi connectivity index (χ2v) is 6.06. The van der Waals surface area contributed by atoms with Crippen LogP contribution in [0.15, 0.2) is 66.9 Å². The van der Waals surface area contributed by atoms with Crippen molar-refractivity contribution in [2.45, 2.75) is 24.9 Å². The topological polar surface area (TPSA) is 59.8 Å². The average molecular weight is 318 g/mol. The molecule has 4 rings (SSSR count). The molecule has 120 valence electrons. The summed E-state index contributed by atoms with van der Waals surface area (Å²) >= 11 is 0. The Balaban J connectivity index is 1.69. The van der Waals surface area contributed by atoms with Crippen molar-refractivity contribution >= 4 is 5.91 Å². The van der Waals surface area contributed by atoms with E-state index in [2.05, 4.69) is 39.9 Å². The number of carbonyl (C=O) groups excluding carboxylic acids is 1. The van der Waals surface area contributed by atoms with Crippen LogP contribution in [0.5, 0.6) is 0 Å². The van der Waals surface area contributed by atoms with E-state index in [1.54, 1.807) is 10.9 Å². The molecule has 0 unspecified atom stereocenters. The van der Waals surface area contributed by atoms with Crippen molar-refractivity contribution in [3.05, 3.63) is 83.7 Å². The van der Waals surface area contributed by atoms with Crippen LogP contribution in [0.3, 0.4) is 0 Å². The Morgan fingerprint density at radius 1 is 1.00 bits per heavy atom. The third-order valence-corrected chi connectivity index (χ3v) is 4.15. The number of hydrogen-bond donors (Lipinski definition) is 1. The maximum Gasteiger partial charge on any atom is 0.273 e. The van der Waals surface area contributed by atoms with Crippen molar-refractivity contribution in [1.29, 1.82) is 0 Å². The van der Waals surface area contributed by atoms with Crippen LogP contribution in [-0.2, 0) is 0 Å². The Bertz CT molecular complexity index is 785. The fraction of sp³-hybridized carbons (Fsp3) is 0.211. The molecule has 5 nitrogen and oxygen atoms in total. The Labute approximate surface area is 140 Å². The summed E-state index contributed by atoms with van der Waals surface area (Å²) in [6.07, 6.45) is 3.83. The van der Waals surface area contributed by atoms with Gasteiger partial charge in [0.25, 0.3) is 5.91 Å². The molecule has 0 spiro atoms. The molecule has 1 aliphatic rings. The SMILES string of the molecule is O=C(NC1CC1)c1cn(C(c2ccccc2)c2ccccc2)nn1. The minimum atomic E-state index is -0.149. The lowest BCUT2D eigenvalue weighted by Crippen LogP contribution is -2.25. The molecule has 1 heterocycles. The zero-order valence-electron chi connectivity index (χ0n) is 13.2. The molecule has 24 heavy (non-hydrogen) atoms. The van der Waals surface area contributed by atoms with Crippen LogP contribution in [0.2, 0.25) is 0 Å². The average Bonchev–Trinajstić information content (AvgIpc) is 3.31. The maximum absolute atomic E-state index is 12.2. The van der Waals surface area contributed by atoms with Gasteiger partial charge in [0.1, 0.15) is 6.04 Å². The summed E-state index contributed by atoms with van der Waals surface area (Å²) < 4.78 is 1.76. The minimum Gasteiger partial charge on any atom is -0.348 e. The summed E-state index contributed by atoms with van der Waals surface area (Å²) in [5, 5.41) is 11.2. The first-order valence-corrected chi connectivity index (χ1v) is 8.14. The molecule has 1 N–H and O–H groups in total. The first-order chi connectivity index (χ1) is 11.8. The number of aromatic nitrogens is 3. The predicted octanol–water partition coefficient (Wildman–Crippen LogP) is 2.81. The van der Waals surface area contributed by atoms with Gasteiger partial charge >= 0.3 is 0 Å². The highest BCUT2D eigenvalue weighted by Crippen LogP contribution is 2.26. The van der Waals surface area contributed by atoms with Crippen LogP contribution in [0, 0.1) is 0 Å². The van der Waals surface area contributed by atoms with Gasteiger partial charge in [0.15, 0.2) is 5.69 Å². The monoisotopic (exact) mass is 318 g/mol. The van der Waals surface area contributed by atoms with Crippen molar-refractivity contribution in [2.24, 2.45) is 0 Å². The standard InChI is InChI=1S/C19H18N4O/c24-19(20-16-11-12-16)17-13-23(22-21-17)18(14-7-3-1-4-8-14)15-9-5-2-6-10-15/h1-10,13,16,18H,11-12H2,(H,20,24). The Kier molecular flexibility index (Phi) is 3.83. The highest BCUT2D eigenvalue weighted by Gasteiger charge is 2.26. The van der Waals surface area contributed by atoms with E-state index in [9.17, 15) is 4.79 Å². The Morgan fingerprint density at radius 3 is 2.12 bits per heavy atom. The number of rotatable bonds is 5. The first-order valence-electron chi connectivity index (χ1n) is 8.14. The zero-order chi connectivity index (χ0) is 16.4. The highest BCUT2D eigenvalue weighted by molar-refractivity contribution is 5.92. The van der Waals surface area contributed by atoms with Crippen LogP contribution in [0.1, 0.15) is 40.5 Å². The lowest BCUT2D eigenvalue weighted by atomic mass is 9.99. The van der Waals surface area contributed by atoms with Crippen molar-refractivity contribution < 1.29 is 4.79 Å². The first kappa shape index (κ1) is 14.6. The molecule has 3 aromatic rings. The van der Waals surface area contributed by atoms with Gasteiger partial charge in [-0.25, -0.2) is 4.68 Å². The van der Waals surface area contributed by atoms with Crippen LogP contribution in [-0.4, -0.2) is 26.9 Å². The number of benzene rings is 2. The smallest absolute Gasteiger partial charge is 0.273 e. The van der Waals surface area contributed by atoms with Gasteiger partial charge in [-0.15, -0.1) is 5.10 Å². The van der Waals surface area contributed by atoms with Crippen molar-refractivity contribution in [3.8, 4) is 0 Å². The number of nitrogens with one attached hydrogen (secondary N) is 1. The third kappa shape index (κ3) is 3.06. The van der Waals surface area contributed by atoms with E-state index in [1.807, 2.05) is 36.4 Å². The predicted molar refractivity (Wildman–Crippen MR) is 90.6 cm³/mol. The largest absolute Gasteiger partial charge is 0.348 e. The fourth-order valence-corrected chi connectivity index (χ4v) is 2.76. The van der Waals surface area contributed by atoms with Crippen molar-refractivity contribution in [3.63, 3.8) is 0 Å². The molecule has 0 saturated heterocycles. The molecule has 0 bridgehead atoms. The molecule has 1 aliphatic carbocycles. The highest BCUT2D eigenvalue weighted by atomic mass is 16.2. The molecule has 0 atom stereocenters. The molecule has 5 heteroatoms. The van der Waals surface area contributed by atoms with Gasteiger partial charge in [-0.05, 0) is 24.0 Å². The molecular formula is C19H18N4O. The lowest BCUT2D eigenvalue weighted by Gasteiger charge is -2.17. The molecule has 1 saturated carbocycles. The molecule has 0 radical (unpaired) electrons. The van der Waals surface area contributed by atoms with Crippen LogP contribution >= 0.6 is 0 Å². The second kappa shape index (κ2) is 6.28. The van der Waals surface area contributed by atoms with Gasteiger partial charge in [-0.1, -0.05) is 65.9 Å². The van der Waals surface area contributed by atoms with E-state index in [1.165, 1.54) is 0 Å².